The molecule has 0 bridgehead atoms. The van der Waals surface area contributed by atoms with Crippen molar-refractivity contribution in [3.63, 3.8) is 0 Å². The monoisotopic (exact) mass is 610 g/mol. The number of carbonyl (C=O) groups is 2. The van der Waals surface area contributed by atoms with Gasteiger partial charge in [0, 0.05) is 34.0 Å². The van der Waals surface area contributed by atoms with E-state index in [4.69, 9.17) is 19.9 Å². The molecule has 0 aromatic carbocycles. The fourth-order valence-corrected chi connectivity index (χ4v) is 8.69. The zero-order chi connectivity index (χ0) is 31.5. The molecule has 0 radical (unpaired) electrons. The van der Waals surface area contributed by atoms with Crippen molar-refractivity contribution >= 4 is 11.9 Å². The Labute approximate surface area is 260 Å². The van der Waals surface area contributed by atoms with Gasteiger partial charge >= 0.3 is 11.9 Å². The highest BCUT2D eigenvalue weighted by molar-refractivity contribution is 5.66. The van der Waals surface area contributed by atoms with Crippen LogP contribution in [0.15, 0.2) is 0 Å². The Kier molecular flexibility index (Phi) is 15.2. The average molecular weight is 611 g/mol. The molecular formula is C34H62N2O7. The lowest BCUT2D eigenvalue weighted by molar-refractivity contribution is -0.157. The van der Waals surface area contributed by atoms with E-state index in [2.05, 4.69) is 19.2 Å². The summed E-state index contributed by atoms with van der Waals surface area (Å²) in [6.07, 6.45) is 9.97. The molecule has 2 aliphatic carbocycles. The number of rotatable bonds is 13. The first-order valence-corrected chi connectivity index (χ1v) is 17.1. The molecule has 5 N–H and O–H groups in total. The second-order valence-electron chi connectivity index (χ2n) is 14.5. The van der Waals surface area contributed by atoms with Gasteiger partial charge in [0.25, 0.3) is 0 Å². The minimum absolute atomic E-state index is 0.0268. The van der Waals surface area contributed by atoms with Gasteiger partial charge in [-0.05, 0) is 112 Å². The number of esters is 2. The first kappa shape index (κ1) is 36.2. The maximum Gasteiger partial charge on any atom is 0.302 e. The number of ether oxygens (including phenoxy) is 3. The largest absolute Gasteiger partial charge is 0.462 e. The average Bonchev–Trinajstić information content (AvgIpc) is 2.92. The predicted octanol–water partition coefficient (Wildman–Crippen LogP) is 4.56. The van der Waals surface area contributed by atoms with Crippen LogP contribution in [0, 0.1) is 41.4 Å². The van der Waals surface area contributed by atoms with E-state index >= 15 is 0 Å². The summed E-state index contributed by atoms with van der Waals surface area (Å²) in [7, 11) is 1.66. The van der Waals surface area contributed by atoms with Crippen molar-refractivity contribution in [2.24, 2.45) is 47.2 Å². The Morgan fingerprint density at radius 1 is 0.977 bits per heavy atom. The van der Waals surface area contributed by atoms with Crippen molar-refractivity contribution in [3.8, 4) is 0 Å². The molecule has 3 fully saturated rings. The van der Waals surface area contributed by atoms with Gasteiger partial charge < -0.3 is 35.5 Å². The predicted molar refractivity (Wildman–Crippen MR) is 167 cm³/mol. The quantitative estimate of drug-likeness (QED) is 0.221. The van der Waals surface area contributed by atoms with E-state index in [0.29, 0.717) is 48.9 Å². The molecule has 0 aromatic heterocycles. The Bertz CT molecular complexity index is 842. The van der Waals surface area contributed by atoms with Crippen LogP contribution in [0.1, 0.15) is 111 Å². The molecular weight excluding hydrogens is 548 g/mol. The number of aliphatic hydroxyl groups excluding tert-OH is 2. The van der Waals surface area contributed by atoms with E-state index in [1.807, 2.05) is 0 Å². The van der Waals surface area contributed by atoms with Crippen LogP contribution in [0.5, 0.6) is 0 Å². The number of hydrogen-bond donors (Lipinski definition) is 4. The summed E-state index contributed by atoms with van der Waals surface area (Å²) in [5.74, 6) is 1.85. The molecule has 0 aromatic rings. The van der Waals surface area contributed by atoms with Crippen molar-refractivity contribution in [1.29, 1.82) is 0 Å². The zero-order valence-electron chi connectivity index (χ0n) is 27.5. The van der Waals surface area contributed by atoms with E-state index in [1.54, 1.807) is 7.11 Å². The lowest BCUT2D eigenvalue weighted by atomic mass is 9.66. The van der Waals surface area contributed by atoms with Crippen LogP contribution in [0.2, 0.25) is 0 Å². The maximum absolute atomic E-state index is 12.4. The number of piperidine rings is 1. The summed E-state index contributed by atoms with van der Waals surface area (Å²) in [6.45, 7) is 8.44. The number of carbonyl (C=O) groups excluding carboxylic acids is 2. The number of nitrogens with two attached hydrogens (primary N) is 1. The van der Waals surface area contributed by atoms with Crippen LogP contribution in [0.4, 0.5) is 0 Å². The molecule has 2 saturated carbocycles. The van der Waals surface area contributed by atoms with Gasteiger partial charge in [-0.2, -0.15) is 0 Å². The Morgan fingerprint density at radius 3 is 2.30 bits per heavy atom. The van der Waals surface area contributed by atoms with Gasteiger partial charge in [0.05, 0.1) is 18.4 Å². The topological polar surface area (TPSA) is 140 Å². The SMILES string of the molecule is COC1CC(CC[C@H](C[C@@H](OC(C)=O)[C@@H]2C[C@H](CO)CCC[C@@H](CC(C)C)C2)OC(C)=O)C(C2CCNC(N)C2)CC1O. The highest BCUT2D eigenvalue weighted by Gasteiger charge is 2.42. The third-order valence-electron chi connectivity index (χ3n) is 10.6. The van der Waals surface area contributed by atoms with Gasteiger partial charge in [-0.15, -0.1) is 0 Å². The highest BCUT2D eigenvalue weighted by Crippen LogP contribution is 2.43. The number of nitrogens with one attached hydrogen (secondary N) is 1. The standard InChI is InChI=1S/C34H62N2O7/c1-21(2)13-24-7-6-8-25(20-37)15-28(14-24)32(43-23(4)39)18-29(42-22(3)38)10-9-26-16-33(41-5)31(40)19-30(26)27-11-12-36-34(35)17-27/h21,24-34,36-37,40H,6-20,35H2,1-5H3/t24-,25+,26?,27?,28-,29+,30?,31?,32+,33?,34?/m0/s1. The van der Waals surface area contributed by atoms with Crippen molar-refractivity contribution in [3.05, 3.63) is 0 Å². The summed E-state index contributed by atoms with van der Waals surface area (Å²) in [5.41, 5.74) is 6.27. The third-order valence-corrected chi connectivity index (χ3v) is 10.6. The molecule has 0 amide bonds. The van der Waals surface area contributed by atoms with Gasteiger partial charge in [0.1, 0.15) is 12.2 Å². The van der Waals surface area contributed by atoms with Gasteiger partial charge in [-0.3, -0.25) is 9.59 Å². The molecule has 43 heavy (non-hydrogen) atoms. The third kappa shape index (κ3) is 11.9. The van der Waals surface area contributed by atoms with E-state index in [0.717, 1.165) is 70.8 Å². The van der Waals surface area contributed by atoms with Crippen molar-refractivity contribution in [2.75, 3.05) is 20.3 Å². The molecule has 250 valence electrons. The first-order chi connectivity index (χ1) is 20.5. The molecule has 9 heteroatoms. The van der Waals surface area contributed by atoms with E-state index in [-0.39, 0.29) is 54.9 Å². The Hall–Kier alpha value is -1.26. The van der Waals surface area contributed by atoms with Crippen LogP contribution in [-0.4, -0.2) is 73.0 Å². The summed E-state index contributed by atoms with van der Waals surface area (Å²) >= 11 is 0. The van der Waals surface area contributed by atoms with Gasteiger partial charge in [0.2, 0.25) is 0 Å². The Morgan fingerprint density at radius 2 is 1.67 bits per heavy atom. The molecule has 3 rings (SSSR count). The normalized spacial score (nSPS) is 35.4. The van der Waals surface area contributed by atoms with Crippen molar-refractivity contribution in [1.82, 2.24) is 5.32 Å². The molecule has 1 heterocycles. The molecule has 3 aliphatic rings. The summed E-state index contributed by atoms with van der Waals surface area (Å²) in [5, 5.41) is 24.3. The number of methoxy groups -OCH3 is 1. The van der Waals surface area contributed by atoms with Crippen LogP contribution in [-0.2, 0) is 23.8 Å². The molecule has 1 aliphatic heterocycles. The number of aliphatic hydroxyl groups is 2. The minimum Gasteiger partial charge on any atom is -0.462 e. The van der Waals surface area contributed by atoms with Crippen LogP contribution < -0.4 is 11.1 Å². The van der Waals surface area contributed by atoms with Gasteiger partial charge in [-0.1, -0.05) is 26.7 Å². The lowest BCUT2D eigenvalue weighted by Gasteiger charge is -2.45. The van der Waals surface area contributed by atoms with Gasteiger partial charge in [0.15, 0.2) is 0 Å². The Balaban J connectivity index is 1.78. The fourth-order valence-electron chi connectivity index (χ4n) is 8.69. The van der Waals surface area contributed by atoms with Gasteiger partial charge in [-0.25, -0.2) is 0 Å². The van der Waals surface area contributed by atoms with Crippen molar-refractivity contribution in [2.45, 2.75) is 142 Å². The number of hydrogen-bond acceptors (Lipinski definition) is 9. The van der Waals surface area contributed by atoms with Crippen LogP contribution >= 0.6 is 0 Å². The second-order valence-corrected chi connectivity index (χ2v) is 14.5. The van der Waals surface area contributed by atoms with E-state index in [1.165, 1.54) is 13.8 Å². The molecule has 9 nitrogen and oxygen atoms in total. The molecule has 11 atom stereocenters. The zero-order valence-corrected chi connectivity index (χ0v) is 27.5. The first-order valence-electron chi connectivity index (χ1n) is 17.1. The second kappa shape index (κ2) is 18.0. The highest BCUT2D eigenvalue weighted by atomic mass is 16.6. The molecule has 6 unspecified atom stereocenters. The minimum atomic E-state index is -0.493. The van der Waals surface area contributed by atoms with E-state index in [9.17, 15) is 19.8 Å². The van der Waals surface area contributed by atoms with Crippen molar-refractivity contribution < 1.29 is 34.0 Å². The maximum atomic E-state index is 12.4. The van der Waals surface area contributed by atoms with Crippen LogP contribution in [0.25, 0.3) is 0 Å². The molecule has 0 spiro atoms. The van der Waals surface area contributed by atoms with E-state index < -0.39 is 6.10 Å². The summed E-state index contributed by atoms with van der Waals surface area (Å²) < 4.78 is 17.6. The smallest absolute Gasteiger partial charge is 0.302 e. The summed E-state index contributed by atoms with van der Waals surface area (Å²) in [4.78, 5) is 24.7. The fraction of sp³-hybridized carbons (Fsp3) is 0.941. The summed E-state index contributed by atoms with van der Waals surface area (Å²) in [6, 6.07) is 0. The lowest BCUT2D eigenvalue weighted by Crippen LogP contribution is -2.49. The molecule has 1 saturated heterocycles. The van der Waals surface area contributed by atoms with Crippen LogP contribution in [0.3, 0.4) is 0 Å².